The van der Waals surface area contributed by atoms with E-state index in [0.29, 0.717) is 23.5 Å². The van der Waals surface area contributed by atoms with Crippen LogP contribution in [0.15, 0.2) is 11.6 Å². The lowest BCUT2D eigenvalue weighted by atomic mass is 9.62. The van der Waals surface area contributed by atoms with Gasteiger partial charge in [0.25, 0.3) is 0 Å². The molecule has 0 unspecified atom stereocenters. The molecule has 0 spiro atoms. The standard InChI is InChI=1S/C20H36O2Si/c1-13-10-15-16(12-22-23(8,9)19(3,4)5)14(2)18(21)11-17(15)20(13,6)7/h10,14-17H,11-12H2,1-9H3/t14-,15+,16+,17-/m1/s1. The summed E-state index contributed by atoms with van der Waals surface area (Å²) in [5.41, 5.74) is 1.60. The van der Waals surface area contributed by atoms with E-state index >= 15 is 0 Å². The van der Waals surface area contributed by atoms with E-state index in [1.165, 1.54) is 5.57 Å². The normalized spacial score (nSPS) is 34.3. The molecule has 0 aromatic carbocycles. The lowest BCUT2D eigenvalue weighted by molar-refractivity contribution is -0.131. The Hall–Kier alpha value is -0.413. The van der Waals surface area contributed by atoms with Crippen LogP contribution in [0.4, 0.5) is 0 Å². The fourth-order valence-electron chi connectivity index (χ4n) is 3.96. The van der Waals surface area contributed by atoms with Crippen LogP contribution < -0.4 is 0 Å². The first kappa shape index (κ1) is 18.9. The van der Waals surface area contributed by atoms with E-state index in [4.69, 9.17) is 4.43 Å². The molecule has 3 heteroatoms. The molecule has 2 aliphatic rings. The fraction of sp³-hybridized carbons (Fsp3) is 0.850. The molecule has 0 saturated heterocycles. The smallest absolute Gasteiger partial charge is 0.191 e. The van der Waals surface area contributed by atoms with Gasteiger partial charge >= 0.3 is 0 Å². The second-order valence-electron chi connectivity index (χ2n) is 9.95. The van der Waals surface area contributed by atoms with Gasteiger partial charge in [0.1, 0.15) is 5.78 Å². The van der Waals surface area contributed by atoms with Crippen LogP contribution in [0.1, 0.15) is 54.9 Å². The summed E-state index contributed by atoms with van der Waals surface area (Å²) in [6.07, 6.45) is 3.19. The molecule has 0 aliphatic heterocycles. The van der Waals surface area contributed by atoms with Crippen LogP contribution in [0.3, 0.4) is 0 Å². The molecule has 2 aliphatic carbocycles. The van der Waals surface area contributed by atoms with E-state index in [2.05, 4.69) is 67.6 Å². The van der Waals surface area contributed by atoms with Crippen molar-refractivity contribution in [1.82, 2.24) is 0 Å². The monoisotopic (exact) mass is 336 g/mol. The van der Waals surface area contributed by atoms with Gasteiger partial charge in [0.2, 0.25) is 0 Å². The quantitative estimate of drug-likeness (QED) is 0.506. The van der Waals surface area contributed by atoms with Gasteiger partial charge in [-0.05, 0) is 48.2 Å². The number of carbonyl (C=O) groups excluding carboxylic acids is 1. The van der Waals surface area contributed by atoms with Crippen molar-refractivity contribution in [1.29, 1.82) is 0 Å². The number of allylic oxidation sites excluding steroid dienone is 2. The zero-order chi connectivity index (χ0) is 17.8. The third-order valence-corrected chi connectivity index (χ3v) is 11.9. The van der Waals surface area contributed by atoms with Crippen molar-refractivity contribution in [3.05, 3.63) is 11.6 Å². The Bertz CT molecular complexity index is 510. The first-order valence-electron chi connectivity index (χ1n) is 9.14. The molecule has 23 heavy (non-hydrogen) atoms. The zero-order valence-corrected chi connectivity index (χ0v) is 17.6. The lowest BCUT2D eigenvalue weighted by Crippen LogP contribution is -2.47. The first-order chi connectivity index (χ1) is 10.3. The number of hydrogen-bond acceptors (Lipinski definition) is 2. The van der Waals surface area contributed by atoms with Crippen molar-refractivity contribution in [2.75, 3.05) is 6.61 Å². The second kappa shape index (κ2) is 5.84. The maximum Gasteiger partial charge on any atom is 0.191 e. The summed E-state index contributed by atoms with van der Waals surface area (Å²) >= 11 is 0. The summed E-state index contributed by atoms with van der Waals surface area (Å²) in [5, 5.41) is 0.217. The van der Waals surface area contributed by atoms with Gasteiger partial charge < -0.3 is 4.43 Å². The van der Waals surface area contributed by atoms with Crippen LogP contribution in [-0.2, 0) is 9.22 Å². The van der Waals surface area contributed by atoms with Crippen LogP contribution in [0.5, 0.6) is 0 Å². The van der Waals surface area contributed by atoms with E-state index in [1.54, 1.807) is 0 Å². The maximum atomic E-state index is 12.6. The van der Waals surface area contributed by atoms with Crippen molar-refractivity contribution in [3.63, 3.8) is 0 Å². The number of fused-ring (bicyclic) bond motifs is 1. The minimum absolute atomic E-state index is 0.124. The molecule has 0 N–H and O–H groups in total. The molecular formula is C20H36O2Si. The Balaban J connectivity index is 2.21. The van der Waals surface area contributed by atoms with Crippen LogP contribution in [0.25, 0.3) is 0 Å². The molecular weight excluding hydrogens is 300 g/mol. The molecule has 2 nitrogen and oxygen atoms in total. The molecule has 0 aromatic rings. The minimum atomic E-state index is -1.77. The predicted octanol–water partition coefficient (Wildman–Crippen LogP) is 5.45. The Labute approximate surface area is 144 Å². The zero-order valence-electron chi connectivity index (χ0n) is 16.6. The van der Waals surface area contributed by atoms with Crippen molar-refractivity contribution >= 4 is 14.1 Å². The topological polar surface area (TPSA) is 26.3 Å². The van der Waals surface area contributed by atoms with Gasteiger partial charge in [0.15, 0.2) is 8.32 Å². The highest BCUT2D eigenvalue weighted by Crippen LogP contribution is 2.54. The number of ketones is 1. The van der Waals surface area contributed by atoms with Gasteiger partial charge in [-0.25, -0.2) is 0 Å². The Kier molecular flexibility index (Phi) is 4.80. The largest absolute Gasteiger partial charge is 0.417 e. The van der Waals surface area contributed by atoms with E-state index in [1.807, 2.05) is 0 Å². The summed E-state index contributed by atoms with van der Waals surface area (Å²) in [5.74, 6) is 1.86. The molecule has 2 rings (SSSR count). The van der Waals surface area contributed by atoms with E-state index in [9.17, 15) is 4.79 Å². The highest BCUT2D eigenvalue weighted by Gasteiger charge is 2.51. The highest BCUT2D eigenvalue weighted by molar-refractivity contribution is 6.74. The average Bonchev–Trinajstić information content (AvgIpc) is 2.60. The number of Topliss-reactive ketones (excluding diaryl/α,β-unsaturated/α-hetero) is 1. The molecule has 1 saturated carbocycles. The van der Waals surface area contributed by atoms with Crippen LogP contribution in [0.2, 0.25) is 18.1 Å². The number of hydrogen-bond donors (Lipinski definition) is 0. The number of rotatable bonds is 3. The Morgan fingerprint density at radius 1 is 1.30 bits per heavy atom. The molecule has 0 bridgehead atoms. The van der Waals surface area contributed by atoms with Crippen molar-refractivity contribution in [3.8, 4) is 0 Å². The summed E-state index contributed by atoms with van der Waals surface area (Å²) in [6.45, 7) is 21.1. The van der Waals surface area contributed by atoms with Crippen LogP contribution >= 0.6 is 0 Å². The molecule has 132 valence electrons. The van der Waals surface area contributed by atoms with Gasteiger partial charge in [-0.1, -0.05) is 53.2 Å². The lowest BCUT2D eigenvalue weighted by Gasteiger charge is -2.44. The average molecular weight is 337 g/mol. The third-order valence-electron chi connectivity index (χ3n) is 7.36. The second-order valence-corrected chi connectivity index (χ2v) is 14.8. The van der Waals surface area contributed by atoms with E-state index < -0.39 is 8.32 Å². The van der Waals surface area contributed by atoms with Crippen LogP contribution in [0, 0.1) is 29.1 Å². The van der Waals surface area contributed by atoms with E-state index in [0.717, 1.165) is 13.0 Å². The Morgan fingerprint density at radius 3 is 2.39 bits per heavy atom. The molecule has 1 fully saturated rings. The fourth-order valence-corrected chi connectivity index (χ4v) is 5.00. The summed E-state index contributed by atoms with van der Waals surface area (Å²) in [6, 6.07) is 0. The highest BCUT2D eigenvalue weighted by atomic mass is 28.4. The summed E-state index contributed by atoms with van der Waals surface area (Å²) in [4.78, 5) is 12.6. The molecule has 0 radical (unpaired) electrons. The molecule has 0 amide bonds. The van der Waals surface area contributed by atoms with Crippen molar-refractivity contribution in [2.24, 2.45) is 29.1 Å². The van der Waals surface area contributed by atoms with Gasteiger partial charge in [-0.15, -0.1) is 0 Å². The first-order valence-corrected chi connectivity index (χ1v) is 12.1. The third kappa shape index (κ3) is 3.24. The summed E-state index contributed by atoms with van der Waals surface area (Å²) in [7, 11) is -1.77. The van der Waals surface area contributed by atoms with Gasteiger partial charge in [-0.3, -0.25) is 4.79 Å². The molecule has 0 aromatic heterocycles. The molecule has 4 atom stereocenters. The minimum Gasteiger partial charge on any atom is -0.417 e. The Morgan fingerprint density at radius 2 is 1.87 bits per heavy atom. The SMILES string of the molecule is CC1=C[C@H]2[C@@H](CO[Si](C)(C)C(C)(C)C)[C@@H](C)C(=O)C[C@H]2C1(C)C. The van der Waals surface area contributed by atoms with Gasteiger partial charge in [0.05, 0.1) is 0 Å². The summed E-state index contributed by atoms with van der Waals surface area (Å²) < 4.78 is 6.52. The predicted molar refractivity (Wildman–Crippen MR) is 99.9 cm³/mol. The van der Waals surface area contributed by atoms with Crippen molar-refractivity contribution in [2.45, 2.75) is 73.0 Å². The maximum absolute atomic E-state index is 12.6. The van der Waals surface area contributed by atoms with Crippen molar-refractivity contribution < 1.29 is 9.22 Å². The molecule has 0 heterocycles. The van der Waals surface area contributed by atoms with Crippen LogP contribution in [-0.4, -0.2) is 20.7 Å². The van der Waals surface area contributed by atoms with E-state index in [-0.39, 0.29) is 16.4 Å². The van der Waals surface area contributed by atoms with Gasteiger partial charge in [0, 0.05) is 18.9 Å². The number of carbonyl (C=O) groups is 1. The van der Waals surface area contributed by atoms with Gasteiger partial charge in [-0.2, -0.15) is 0 Å².